The van der Waals surface area contributed by atoms with Crippen LogP contribution in [0.3, 0.4) is 0 Å². The predicted octanol–water partition coefficient (Wildman–Crippen LogP) is 2.10. The fraction of sp³-hybridized carbons (Fsp3) is 0.643. The van der Waals surface area contributed by atoms with Gasteiger partial charge in [0.25, 0.3) is 0 Å². The van der Waals surface area contributed by atoms with E-state index in [4.69, 9.17) is 0 Å². The number of pyridine rings is 1. The van der Waals surface area contributed by atoms with Crippen LogP contribution < -0.4 is 9.62 Å². The van der Waals surface area contributed by atoms with E-state index in [-0.39, 0.29) is 10.9 Å². The largest absolute Gasteiger partial charge is 0.355 e. The summed E-state index contributed by atoms with van der Waals surface area (Å²) in [5.41, 5.74) is 0. The molecule has 1 unspecified atom stereocenters. The fourth-order valence-electron chi connectivity index (χ4n) is 2.34. The van der Waals surface area contributed by atoms with E-state index >= 15 is 0 Å². The van der Waals surface area contributed by atoms with Crippen LogP contribution in [0.4, 0.5) is 5.82 Å². The van der Waals surface area contributed by atoms with Crippen molar-refractivity contribution >= 4 is 27.6 Å². The summed E-state index contributed by atoms with van der Waals surface area (Å²) < 4.78 is 27.2. The first-order chi connectivity index (χ1) is 10.0. The summed E-state index contributed by atoms with van der Waals surface area (Å²) in [6.07, 6.45) is 3.24. The van der Waals surface area contributed by atoms with E-state index in [0.29, 0.717) is 0 Å². The number of nitrogens with zero attached hydrogens (tertiary/aromatic N) is 2. The number of nitrogens with one attached hydrogen (secondary N) is 1. The minimum atomic E-state index is -3.46. The molecule has 2 heterocycles. The van der Waals surface area contributed by atoms with E-state index < -0.39 is 10.0 Å². The number of anilines is 1. The van der Waals surface area contributed by atoms with Crippen LogP contribution in [0.25, 0.3) is 0 Å². The number of hydrogen-bond donors (Lipinski definition) is 1. The second-order valence-corrected chi connectivity index (χ2v) is 8.20. The number of hydrogen-bond acceptors (Lipinski definition) is 5. The van der Waals surface area contributed by atoms with Crippen molar-refractivity contribution in [3.63, 3.8) is 0 Å². The molecule has 1 N–H and O–H groups in total. The minimum absolute atomic E-state index is 0.0567. The molecule has 0 amide bonds. The third kappa shape index (κ3) is 4.59. The first-order valence-electron chi connectivity index (χ1n) is 7.34. The fourth-order valence-corrected chi connectivity index (χ4v) is 4.46. The Morgan fingerprint density at radius 3 is 2.67 bits per heavy atom. The second-order valence-electron chi connectivity index (χ2n) is 5.26. The van der Waals surface area contributed by atoms with E-state index in [0.717, 1.165) is 43.3 Å². The lowest BCUT2D eigenvalue weighted by Gasteiger charge is -2.27. The van der Waals surface area contributed by atoms with Crippen LogP contribution in [0.1, 0.15) is 26.7 Å². The van der Waals surface area contributed by atoms with Crippen molar-refractivity contribution in [1.29, 1.82) is 0 Å². The van der Waals surface area contributed by atoms with Gasteiger partial charge in [0.15, 0.2) is 0 Å². The van der Waals surface area contributed by atoms with Gasteiger partial charge in [-0.05, 0) is 25.5 Å². The highest BCUT2D eigenvalue weighted by Crippen LogP contribution is 2.19. The van der Waals surface area contributed by atoms with Gasteiger partial charge in [-0.1, -0.05) is 13.3 Å². The van der Waals surface area contributed by atoms with Crippen molar-refractivity contribution in [3.05, 3.63) is 18.3 Å². The van der Waals surface area contributed by atoms with E-state index in [1.54, 1.807) is 12.1 Å². The molecule has 1 aromatic heterocycles. The monoisotopic (exact) mass is 329 g/mol. The van der Waals surface area contributed by atoms with Gasteiger partial charge in [-0.3, -0.25) is 0 Å². The molecule has 1 aliphatic heterocycles. The highest BCUT2D eigenvalue weighted by molar-refractivity contribution is 7.99. The summed E-state index contributed by atoms with van der Waals surface area (Å²) in [7, 11) is -3.46. The lowest BCUT2D eigenvalue weighted by Crippen LogP contribution is -2.34. The summed E-state index contributed by atoms with van der Waals surface area (Å²) in [5.74, 6) is 3.05. The SMILES string of the molecule is CCCC(C)NS(=O)(=O)c1ccc(N2CCSCC2)nc1. The number of sulfonamides is 1. The van der Waals surface area contributed by atoms with Gasteiger partial charge in [-0.2, -0.15) is 11.8 Å². The number of rotatable bonds is 6. The minimum Gasteiger partial charge on any atom is -0.355 e. The molecule has 0 aromatic carbocycles. The molecule has 1 fully saturated rings. The quantitative estimate of drug-likeness (QED) is 0.866. The summed E-state index contributed by atoms with van der Waals surface area (Å²) in [4.78, 5) is 6.75. The van der Waals surface area contributed by atoms with Crippen LogP contribution >= 0.6 is 11.8 Å². The van der Waals surface area contributed by atoms with E-state index in [1.807, 2.05) is 25.6 Å². The molecule has 118 valence electrons. The summed E-state index contributed by atoms with van der Waals surface area (Å²) in [6.45, 7) is 5.86. The highest BCUT2D eigenvalue weighted by Gasteiger charge is 2.18. The molecule has 1 aliphatic rings. The Balaban J connectivity index is 2.06. The zero-order chi connectivity index (χ0) is 15.3. The Morgan fingerprint density at radius 2 is 2.10 bits per heavy atom. The molecule has 0 aliphatic carbocycles. The Labute approximate surface area is 131 Å². The molecule has 1 aromatic rings. The van der Waals surface area contributed by atoms with E-state index in [1.165, 1.54) is 6.20 Å². The predicted molar refractivity (Wildman–Crippen MR) is 88.5 cm³/mol. The Hall–Kier alpha value is -0.790. The second kappa shape index (κ2) is 7.47. The molecule has 0 bridgehead atoms. The smallest absolute Gasteiger partial charge is 0.242 e. The molecule has 5 nitrogen and oxygen atoms in total. The zero-order valence-electron chi connectivity index (χ0n) is 12.6. The topological polar surface area (TPSA) is 62.3 Å². The van der Waals surface area contributed by atoms with Crippen LogP contribution in [0.2, 0.25) is 0 Å². The van der Waals surface area contributed by atoms with Crippen molar-refractivity contribution in [2.24, 2.45) is 0 Å². The van der Waals surface area contributed by atoms with Crippen LogP contribution in [0.15, 0.2) is 23.2 Å². The van der Waals surface area contributed by atoms with Gasteiger partial charge in [0, 0.05) is 36.8 Å². The zero-order valence-corrected chi connectivity index (χ0v) is 14.2. The first kappa shape index (κ1) is 16.6. The van der Waals surface area contributed by atoms with Gasteiger partial charge >= 0.3 is 0 Å². The highest BCUT2D eigenvalue weighted by atomic mass is 32.2. The summed E-state index contributed by atoms with van der Waals surface area (Å²) >= 11 is 1.94. The Bertz CT molecular complexity index is 540. The summed E-state index contributed by atoms with van der Waals surface area (Å²) in [5, 5.41) is 0. The van der Waals surface area contributed by atoms with Crippen molar-refractivity contribution in [2.75, 3.05) is 29.5 Å². The van der Waals surface area contributed by atoms with Crippen molar-refractivity contribution in [3.8, 4) is 0 Å². The van der Waals surface area contributed by atoms with Crippen LogP contribution in [-0.4, -0.2) is 44.0 Å². The van der Waals surface area contributed by atoms with E-state index in [9.17, 15) is 8.42 Å². The molecule has 2 rings (SSSR count). The third-order valence-corrected chi connectivity index (χ3v) is 5.96. The van der Waals surface area contributed by atoms with Gasteiger partial charge in [-0.25, -0.2) is 18.1 Å². The molecule has 21 heavy (non-hydrogen) atoms. The van der Waals surface area contributed by atoms with Crippen molar-refractivity contribution in [1.82, 2.24) is 9.71 Å². The molecular weight excluding hydrogens is 306 g/mol. The maximum atomic E-state index is 12.2. The van der Waals surface area contributed by atoms with Gasteiger partial charge < -0.3 is 4.90 Å². The standard InChI is InChI=1S/C14H23N3O2S2/c1-3-4-12(2)16-21(18,19)13-5-6-14(15-11-13)17-7-9-20-10-8-17/h5-6,11-12,16H,3-4,7-10H2,1-2H3. The molecule has 0 radical (unpaired) electrons. The van der Waals surface area contributed by atoms with E-state index in [2.05, 4.69) is 14.6 Å². The van der Waals surface area contributed by atoms with Crippen molar-refractivity contribution in [2.45, 2.75) is 37.6 Å². The van der Waals surface area contributed by atoms with Gasteiger partial charge in [0.05, 0.1) is 0 Å². The maximum absolute atomic E-state index is 12.2. The van der Waals surface area contributed by atoms with Gasteiger partial charge in [-0.15, -0.1) is 0 Å². The third-order valence-electron chi connectivity index (χ3n) is 3.44. The van der Waals surface area contributed by atoms with Crippen LogP contribution in [0.5, 0.6) is 0 Å². The Morgan fingerprint density at radius 1 is 1.38 bits per heavy atom. The van der Waals surface area contributed by atoms with Crippen LogP contribution in [-0.2, 0) is 10.0 Å². The normalized spacial score (nSPS) is 17.7. The lowest BCUT2D eigenvalue weighted by molar-refractivity contribution is 0.543. The maximum Gasteiger partial charge on any atom is 0.242 e. The molecular formula is C14H23N3O2S2. The summed E-state index contributed by atoms with van der Waals surface area (Å²) in [6, 6.07) is 3.39. The van der Waals surface area contributed by atoms with Gasteiger partial charge in [0.2, 0.25) is 10.0 Å². The lowest BCUT2D eigenvalue weighted by atomic mass is 10.2. The first-order valence-corrected chi connectivity index (χ1v) is 9.98. The molecule has 0 saturated carbocycles. The van der Waals surface area contributed by atoms with Gasteiger partial charge in [0.1, 0.15) is 10.7 Å². The van der Waals surface area contributed by atoms with Crippen molar-refractivity contribution < 1.29 is 8.42 Å². The number of aromatic nitrogens is 1. The number of thioether (sulfide) groups is 1. The Kier molecular flexibility index (Phi) is 5.89. The van der Waals surface area contributed by atoms with Crippen LogP contribution in [0, 0.1) is 0 Å². The molecule has 1 atom stereocenters. The molecule has 0 spiro atoms. The average Bonchev–Trinajstić information content (AvgIpc) is 2.48. The molecule has 1 saturated heterocycles. The average molecular weight is 329 g/mol. The molecule has 7 heteroatoms.